The van der Waals surface area contributed by atoms with E-state index in [1.807, 2.05) is 12.3 Å². The Labute approximate surface area is 173 Å². The van der Waals surface area contributed by atoms with Crippen molar-refractivity contribution >= 4 is 17.2 Å². The van der Waals surface area contributed by atoms with E-state index >= 15 is 0 Å². The van der Waals surface area contributed by atoms with Gasteiger partial charge < -0.3 is 19.1 Å². The average Bonchev–Trinajstić information content (AvgIpc) is 3.35. The van der Waals surface area contributed by atoms with Crippen LogP contribution in [0.4, 0.5) is 4.39 Å². The Balaban J connectivity index is 1.46. The van der Waals surface area contributed by atoms with Gasteiger partial charge >= 0.3 is 0 Å². The van der Waals surface area contributed by atoms with Crippen molar-refractivity contribution in [3.05, 3.63) is 45.9 Å². The second kappa shape index (κ2) is 7.66. The maximum absolute atomic E-state index is 13.7. The van der Waals surface area contributed by atoms with Crippen molar-refractivity contribution in [3.63, 3.8) is 0 Å². The van der Waals surface area contributed by atoms with Gasteiger partial charge in [0.25, 0.3) is 5.91 Å². The lowest BCUT2D eigenvalue weighted by Gasteiger charge is -2.40. The minimum absolute atomic E-state index is 0.0367. The predicted octanol–water partition coefficient (Wildman–Crippen LogP) is 3.69. The van der Waals surface area contributed by atoms with Gasteiger partial charge in [0, 0.05) is 23.9 Å². The molecule has 6 nitrogen and oxygen atoms in total. The number of rotatable bonds is 5. The molecule has 2 aliphatic heterocycles. The average molecular weight is 421 g/mol. The first-order valence-corrected chi connectivity index (χ1v) is 10.6. The molecular weight excluding hydrogens is 395 g/mol. The summed E-state index contributed by atoms with van der Waals surface area (Å²) in [5.41, 5.74) is 2.07. The van der Waals surface area contributed by atoms with Crippen molar-refractivity contribution in [2.45, 2.75) is 44.6 Å². The van der Waals surface area contributed by atoms with E-state index in [9.17, 15) is 9.18 Å². The molecule has 0 saturated carbocycles. The number of ether oxygens (including phenoxy) is 3. The van der Waals surface area contributed by atoms with Gasteiger partial charge in [0.2, 0.25) is 0 Å². The van der Waals surface area contributed by atoms with Gasteiger partial charge in [-0.25, -0.2) is 9.37 Å². The normalized spacial score (nSPS) is 24.4. The SMILES string of the molecule is Cc1cc(C(=O)N2CC[C@]3(c4cscn4)OCOC3C2)ccc1OCC(C)(C)F. The van der Waals surface area contributed by atoms with Crippen molar-refractivity contribution in [2.24, 2.45) is 0 Å². The van der Waals surface area contributed by atoms with Crippen molar-refractivity contribution in [1.29, 1.82) is 0 Å². The highest BCUT2D eigenvalue weighted by atomic mass is 32.1. The van der Waals surface area contributed by atoms with E-state index in [1.54, 1.807) is 28.6 Å². The van der Waals surface area contributed by atoms with Crippen molar-refractivity contribution in [2.75, 3.05) is 26.5 Å². The van der Waals surface area contributed by atoms with Gasteiger partial charge in [-0.2, -0.15) is 0 Å². The molecular formula is C21H25FN2O4S. The maximum Gasteiger partial charge on any atom is 0.253 e. The predicted molar refractivity (Wildman–Crippen MR) is 107 cm³/mol. The summed E-state index contributed by atoms with van der Waals surface area (Å²) in [4.78, 5) is 19.3. The third-order valence-electron chi connectivity index (χ3n) is 5.39. The van der Waals surface area contributed by atoms with Crippen LogP contribution in [0, 0.1) is 6.92 Å². The Hall–Kier alpha value is -2.03. The van der Waals surface area contributed by atoms with Gasteiger partial charge in [0.05, 0.1) is 17.7 Å². The molecule has 4 rings (SSSR count). The summed E-state index contributed by atoms with van der Waals surface area (Å²) >= 11 is 1.53. The van der Waals surface area contributed by atoms with Crippen LogP contribution in [0.1, 0.15) is 41.9 Å². The molecule has 2 fully saturated rings. The number of amides is 1. The number of benzene rings is 1. The summed E-state index contributed by atoms with van der Waals surface area (Å²) in [6.07, 6.45) is 0.400. The fourth-order valence-electron chi connectivity index (χ4n) is 3.82. The zero-order valence-electron chi connectivity index (χ0n) is 16.8. The smallest absolute Gasteiger partial charge is 0.253 e. The standard InChI is InChI=1S/C21H25FN2O4S/c1-14-8-15(4-5-16(14)26-11-20(2,3)22)19(25)24-7-6-21(17-10-29-12-23-17)18(9-24)27-13-28-21/h4-5,8,10,12,18H,6-7,9,11,13H2,1-3H3/t18?,21-/m1/s1. The topological polar surface area (TPSA) is 60.9 Å². The Kier molecular flexibility index (Phi) is 5.35. The van der Waals surface area contributed by atoms with Crippen molar-refractivity contribution < 1.29 is 23.4 Å². The molecule has 0 bridgehead atoms. The van der Waals surface area contributed by atoms with Gasteiger partial charge in [0.15, 0.2) is 0 Å². The number of hydrogen-bond donors (Lipinski definition) is 0. The molecule has 1 amide bonds. The molecule has 2 aliphatic rings. The number of halogens is 1. The van der Waals surface area contributed by atoms with Crippen LogP contribution in [0.25, 0.3) is 0 Å². The van der Waals surface area contributed by atoms with Crippen LogP contribution in [0.5, 0.6) is 5.75 Å². The highest BCUT2D eigenvalue weighted by Gasteiger charge is 2.52. The molecule has 3 heterocycles. The van der Waals surface area contributed by atoms with E-state index in [0.29, 0.717) is 30.8 Å². The molecule has 0 aliphatic carbocycles. The minimum atomic E-state index is -1.41. The summed E-state index contributed by atoms with van der Waals surface area (Å²) in [6, 6.07) is 5.24. The summed E-state index contributed by atoms with van der Waals surface area (Å²) in [5, 5.41) is 1.99. The Bertz CT molecular complexity index is 883. The number of aromatic nitrogens is 1. The number of thiazole rings is 1. The molecule has 8 heteroatoms. The van der Waals surface area contributed by atoms with Gasteiger partial charge in [-0.3, -0.25) is 4.79 Å². The number of carbonyl (C=O) groups excluding carboxylic acids is 1. The molecule has 2 saturated heterocycles. The highest BCUT2D eigenvalue weighted by Crippen LogP contribution is 2.42. The fraction of sp³-hybridized carbons (Fsp3) is 0.524. The van der Waals surface area contributed by atoms with E-state index in [1.165, 1.54) is 25.2 Å². The molecule has 1 unspecified atom stereocenters. The van der Waals surface area contributed by atoms with Crippen LogP contribution < -0.4 is 4.74 Å². The molecule has 1 aromatic heterocycles. The summed E-state index contributed by atoms with van der Waals surface area (Å²) < 4.78 is 31.0. The van der Waals surface area contributed by atoms with Crippen LogP contribution in [-0.4, -0.2) is 54.1 Å². The van der Waals surface area contributed by atoms with E-state index in [2.05, 4.69) is 4.98 Å². The van der Waals surface area contributed by atoms with Crippen molar-refractivity contribution in [3.8, 4) is 5.75 Å². The zero-order chi connectivity index (χ0) is 20.6. The number of fused-ring (bicyclic) bond motifs is 1. The van der Waals surface area contributed by atoms with Crippen LogP contribution in [-0.2, 0) is 15.1 Å². The first kappa shape index (κ1) is 20.3. The molecule has 0 spiro atoms. The van der Waals surface area contributed by atoms with Gasteiger partial charge in [-0.05, 0) is 44.5 Å². The van der Waals surface area contributed by atoms with Crippen molar-refractivity contribution in [1.82, 2.24) is 9.88 Å². The number of aryl methyl sites for hydroxylation is 1. The third kappa shape index (κ3) is 4.01. The lowest BCUT2D eigenvalue weighted by molar-refractivity contribution is -0.0466. The van der Waals surface area contributed by atoms with Gasteiger partial charge in [-0.15, -0.1) is 11.3 Å². The van der Waals surface area contributed by atoms with Crippen LogP contribution in [0.3, 0.4) is 0 Å². The largest absolute Gasteiger partial charge is 0.490 e. The number of likely N-dealkylation sites (tertiary alicyclic amines) is 1. The Morgan fingerprint density at radius 3 is 3.00 bits per heavy atom. The number of carbonyl (C=O) groups is 1. The van der Waals surface area contributed by atoms with E-state index in [4.69, 9.17) is 14.2 Å². The van der Waals surface area contributed by atoms with E-state index in [0.717, 1.165) is 11.3 Å². The first-order valence-electron chi connectivity index (χ1n) is 9.64. The summed E-state index contributed by atoms with van der Waals surface area (Å²) in [7, 11) is 0. The number of piperidine rings is 1. The minimum Gasteiger partial charge on any atom is -0.490 e. The molecule has 2 atom stereocenters. The first-order chi connectivity index (χ1) is 13.8. The zero-order valence-corrected chi connectivity index (χ0v) is 17.6. The summed E-state index contributed by atoms with van der Waals surface area (Å²) in [6.45, 7) is 5.97. The van der Waals surface area contributed by atoms with Gasteiger partial charge in [-0.1, -0.05) is 0 Å². The van der Waals surface area contributed by atoms with E-state index in [-0.39, 0.29) is 25.4 Å². The fourth-order valence-corrected chi connectivity index (χ4v) is 4.45. The lowest BCUT2D eigenvalue weighted by atomic mass is 9.86. The molecule has 156 valence electrons. The molecule has 0 N–H and O–H groups in total. The maximum atomic E-state index is 13.7. The molecule has 29 heavy (non-hydrogen) atoms. The van der Waals surface area contributed by atoms with Gasteiger partial charge in [0.1, 0.15) is 36.5 Å². The quantitative estimate of drug-likeness (QED) is 0.738. The molecule has 1 aromatic carbocycles. The van der Waals surface area contributed by atoms with E-state index < -0.39 is 11.3 Å². The van der Waals surface area contributed by atoms with Crippen LogP contribution in [0.15, 0.2) is 29.1 Å². The highest BCUT2D eigenvalue weighted by molar-refractivity contribution is 7.07. The number of nitrogens with zero attached hydrogens (tertiary/aromatic N) is 2. The summed E-state index contributed by atoms with van der Waals surface area (Å²) in [5.74, 6) is 0.522. The Morgan fingerprint density at radius 1 is 1.48 bits per heavy atom. The number of alkyl halides is 1. The third-order valence-corrected chi connectivity index (χ3v) is 5.98. The molecule has 2 aromatic rings. The molecule has 0 radical (unpaired) electrons. The second-order valence-electron chi connectivity index (χ2n) is 8.17. The Morgan fingerprint density at radius 2 is 2.31 bits per heavy atom. The monoisotopic (exact) mass is 420 g/mol. The number of hydrogen-bond acceptors (Lipinski definition) is 6. The second-order valence-corrected chi connectivity index (χ2v) is 8.89. The lowest BCUT2D eigenvalue weighted by Crippen LogP contribution is -2.53. The van der Waals surface area contributed by atoms with Crippen LogP contribution >= 0.6 is 11.3 Å². The van der Waals surface area contributed by atoms with Crippen LogP contribution in [0.2, 0.25) is 0 Å².